The molecule has 1 rings (SSSR count). The fourth-order valence-electron chi connectivity index (χ4n) is 1.91. The van der Waals surface area contributed by atoms with Crippen molar-refractivity contribution in [1.82, 2.24) is 0 Å². The van der Waals surface area contributed by atoms with Gasteiger partial charge in [-0.1, -0.05) is 39.3 Å². The molecule has 0 atom stereocenters. The molecule has 0 saturated heterocycles. The Morgan fingerprint density at radius 2 is 1.76 bits per heavy atom. The Kier molecular flexibility index (Phi) is 6.76. The smallest absolute Gasteiger partial charge is 0.0340 e. The fourth-order valence-corrected chi connectivity index (χ4v) is 1.91. The molecule has 0 aromatic heterocycles. The summed E-state index contributed by atoms with van der Waals surface area (Å²) in [5.74, 6) is 0.813. The van der Waals surface area contributed by atoms with Crippen LogP contribution in [0.4, 0.5) is 5.69 Å². The van der Waals surface area contributed by atoms with Crippen LogP contribution in [0.25, 0.3) is 0 Å². The molecule has 1 aromatic rings. The Labute approximate surface area is 107 Å². The summed E-state index contributed by atoms with van der Waals surface area (Å²) in [6.45, 7) is 7.89. The van der Waals surface area contributed by atoms with Crippen LogP contribution in [0.2, 0.25) is 0 Å². The molecule has 0 unspecified atom stereocenters. The van der Waals surface area contributed by atoms with Gasteiger partial charge in [0, 0.05) is 12.2 Å². The Hall–Kier alpha value is -0.980. The Balaban J connectivity index is 2.25. The topological polar surface area (TPSA) is 12.0 Å². The minimum atomic E-state index is 0.813. The van der Waals surface area contributed by atoms with Gasteiger partial charge in [-0.15, -0.1) is 0 Å². The van der Waals surface area contributed by atoms with Crippen LogP contribution in [-0.4, -0.2) is 6.54 Å². The molecule has 0 aliphatic carbocycles. The van der Waals surface area contributed by atoms with Gasteiger partial charge >= 0.3 is 0 Å². The number of rotatable bonds is 8. The second-order valence-corrected chi connectivity index (χ2v) is 5.26. The Morgan fingerprint density at radius 3 is 2.35 bits per heavy atom. The lowest BCUT2D eigenvalue weighted by molar-refractivity contribution is 0.567. The van der Waals surface area contributed by atoms with Gasteiger partial charge in [0.15, 0.2) is 0 Å². The van der Waals surface area contributed by atoms with Gasteiger partial charge in [0.25, 0.3) is 0 Å². The van der Waals surface area contributed by atoms with Gasteiger partial charge in [0.1, 0.15) is 0 Å². The van der Waals surface area contributed by atoms with Crippen molar-refractivity contribution in [3.8, 4) is 0 Å². The second-order valence-electron chi connectivity index (χ2n) is 5.26. The van der Waals surface area contributed by atoms with E-state index in [4.69, 9.17) is 0 Å². The molecule has 0 saturated carbocycles. The lowest BCUT2D eigenvalue weighted by Crippen LogP contribution is -2.02. The highest BCUT2D eigenvalue weighted by Gasteiger charge is 1.96. The SMILES string of the molecule is CCCCc1ccc(NCCCC(C)C)cc1. The summed E-state index contributed by atoms with van der Waals surface area (Å²) in [6.07, 6.45) is 6.34. The summed E-state index contributed by atoms with van der Waals surface area (Å²) < 4.78 is 0. The number of unbranched alkanes of at least 4 members (excludes halogenated alkanes) is 1. The minimum Gasteiger partial charge on any atom is -0.385 e. The van der Waals surface area contributed by atoms with Crippen LogP contribution < -0.4 is 5.32 Å². The molecule has 0 heterocycles. The standard InChI is InChI=1S/C16H27N/c1-4-5-8-15-9-11-16(12-10-15)17-13-6-7-14(2)3/h9-12,14,17H,4-8,13H2,1-3H3. The molecule has 0 radical (unpaired) electrons. The van der Waals surface area contributed by atoms with Crippen molar-refractivity contribution in [1.29, 1.82) is 0 Å². The lowest BCUT2D eigenvalue weighted by Gasteiger charge is -2.08. The quantitative estimate of drug-likeness (QED) is 0.631. The highest BCUT2D eigenvalue weighted by Crippen LogP contribution is 2.12. The number of hydrogen-bond acceptors (Lipinski definition) is 1. The lowest BCUT2D eigenvalue weighted by atomic mass is 10.1. The van der Waals surface area contributed by atoms with Crippen LogP contribution in [0.3, 0.4) is 0 Å². The molecule has 1 N–H and O–H groups in total. The van der Waals surface area contributed by atoms with Crippen molar-refractivity contribution in [2.45, 2.75) is 52.9 Å². The highest BCUT2D eigenvalue weighted by atomic mass is 14.9. The maximum absolute atomic E-state index is 3.48. The van der Waals surface area contributed by atoms with Crippen LogP contribution in [0.1, 0.15) is 52.0 Å². The van der Waals surface area contributed by atoms with E-state index in [-0.39, 0.29) is 0 Å². The van der Waals surface area contributed by atoms with Gasteiger partial charge in [0.2, 0.25) is 0 Å². The van der Waals surface area contributed by atoms with Crippen LogP contribution in [0, 0.1) is 5.92 Å². The van der Waals surface area contributed by atoms with Gasteiger partial charge in [0.05, 0.1) is 0 Å². The predicted molar refractivity (Wildman–Crippen MR) is 77.6 cm³/mol. The van der Waals surface area contributed by atoms with E-state index in [0.717, 1.165) is 12.5 Å². The number of anilines is 1. The molecular weight excluding hydrogens is 206 g/mol. The number of nitrogens with one attached hydrogen (secondary N) is 1. The number of aryl methyl sites for hydroxylation is 1. The van der Waals surface area contributed by atoms with Crippen molar-refractivity contribution in [2.75, 3.05) is 11.9 Å². The van der Waals surface area contributed by atoms with E-state index >= 15 is 0 Å². The Morgan fingerprint density at radius 1 is 1.06 bits per heavy atom. The van der Waals surface area contributed by atoms with E-state index in [0.29, 0.717) is 0 Å². The molecule has 1 nitrogen and oxygen atoms in total. The van der Waals surface area contributed by atoms with Crippen LogP contribution in [0.5, 0.6) is 0 Å². The number of benzene rings is 1. The van der Waals surface area contributed by atoms with E-state index in [1.807, 2.05) is 0 Å². The summed E-state index contributed by atoms with van der Waals surface area (Å²) in [6, 6.07) is 8.92. The predicted octanol–water partition coefficient (Wildman–Crippen LogP) is 4.88. The van der Waals surface area contributed by atoms with Crippen molar-refractivity contribution < 1.29 is 0 Å². The summed E-state index contributed by atoms with van der Waals surface area (Å²) in [7, 11) is 0. The zero-order valence-electron chi connectivity index (χ0n) is 11.6. The zero-order valence-corrected chi connectivity index (χ0v) is 11.6. The van der Waals surface area contributed by atoms with E-state index in [1.165, 1.54) is 43.4 Å². The van der Waals surface area contributed by atoms with Gasteiger partial charge < -0.3 is 5.32 Å². The van der Waals surface area contributed by atoms with Gasteiger partial charge in [-0.2, -0.15) is 0 Å². The van der Waals surface area contributed by atoms with Crippen molar-refractivity contribution >= 4 is 5.69 Å². The molecule has 0 aliphatic heterocycles. The third-order valence-corrected chi connectivity index (χ3v) is 3.06. The van der Waals surface area contributed by atoms with E-state index in [9.17, 15) is 0 Å². The van der Waals surface area contributed by atoms with Crippen molar-refractivity contribution in [2.24, 2.45) is 5.92 Å². The molecular formula is C16H27N. The largest absolute Gasteiger partial charge is 0.385 e. The van der Waals surface area contributed by atoms with Gasteiger partial charge in [-0.25, -0.2) is 0 Å². The molecule has 0 fully saturated rings. The molecule has 0 bridgehead atoms. The average molecular weight is 233 g/mol. The summed E-state index contributed by atoms with van der Waals surface area (Å²) in [5, 5.41) is 3.48. The maximum atomic E-state index is 3.48. The normalized spacial score (nSPS) is 10.8. The first-order valence-electron chi connectivity index (χ1n) is 7.05. The van der Waals surface area contributed by atoms with Crippen molar-refractivity contribution in [3.05, 3.63) is 29.8 Å². The molecule has 17 heavy (non-hydrogen) atoms. The van der Waals surface area contributed by atoms with Crippen molar-refractivity contribution in [3.63, 3.8) is 0 Å². The van der Waals surface area contributed by atoms with E-state index in [2.05, 4.69) is 50.4 Å². The second kappa shape index (κ2) is 8.16. The zero-order chi connectivity index (χ0) is 12.5. The minimum absolute atomic E-state index is 0.813. The molecule has 0 aliphatic rings. The first-order chi connectivity index (χ1) is 8.22. The van der Waals surface area contributed by atoms with Gasteiger partial charge in [-0.05, 0) is 49.3 Å². The number of hydrogen-bond donors (Lipinski definition) is 1. The first-order valence-corrected chi connectivity index (χ1v) is 7.05. The summed E-state index contributed by atoms with van der Waals surface area (Å²) in [5.41, 5.74) is 2.72. The molecule has 96 valence electrons. The van der Waals surface area contributed by atoms with E-state index < -0.39 is 0 Å². The van der Waals surface area contributed by atoms with Crippen LogP contribution in [0.15, 0.2) is 24.3 Å². The molecule has 0 amide bonds. The monoisotopic (exact) mass is 233 g/mol. The summed E-state index contributed by atoms with van der Waals surface area (Å²) >= 11 is 0. The molecule has 1 aromatic carbocycles. The van der Waals surface area contributed by atoms with E-state index in [1.54, 1.807) is 0 Å². The molecule has 0 spiro atoms. The van der Waals surface area contributed by atoms with Crippen LogP contribution in [-0.2, 0) is 6.42 Å². The maximum Gasteiger partial charge on any atom is 0.0340 e. The first kappa shape index (κ1) is 14.1. The fraction of sp³-hybridized carbons (Fsp3) is 0.625. The molecule has 1 heteroatoms. The summed E-state index contributed by atoms with van der Waals surface area (Å²) in [4.78, 5) is 0. The Bertz CT molecular complexity index is 287. The van der Waals surface area contributed by atoms with Crippen LogP contribution >= 0.6 is 0 Å². The highest BCUT2D eigenvalue weighted by molar-refractivity contribution is 5.44. The third kappa shape index (κ3) is 6.35. The average Bonchev–Trinajstić information content (AvgIpc) is 2.33. The third-order valence-electron chi connectivity index (χ3n) is 3.06. The van der Waals surface area contributed by atoms with Gasteiger partial charge in [-0.3, -0.25) is 0 Å².